The van der Waals surface area contributed by atoms with Crippen LogP contribution in [0.2, 0.25) is 0 Å². The molecule has 2 aliphatic carbocycles. The summed E-state index contributed by atoms with van der Waals surface area (Å²) < 4.78 is 1.11. The Hall–Kier alpha value is -0.0900. The van der Waals surface area contributed by atoms with Crippen molar-refractivity contribution in [2.75, 3.05) is 6.54 Å². The fourth-order valence-electron chi connectivity index (χ4n) is 4.36. The van der Waals surface area contributed by atoms with Crippen LogP contribution in [-0.2, 0) is 11.8 Å². The van der Waals surface area contributed by atoms with Crippen LogP contribution in [-0.4, -0.2) is 17.3 Å². The van der Waals surface area contributed by atoms with Crippen molar-refractivity contribution in [2.24, 2.45) is 5.73 Å². The quantitative estimate of drug-likeness (QED) is 0.844. The standard InChI is InChI=1S/C16H22BrNO.ClH/c17-13-4-3-12-5-8-16(19)7-2-1-6-15(16,9-10-18)14(12)11-13;/h3-4,11,19H,1-2,5-10,18H2;1H/t15-,16+;/m1./s1. The molecule has 20 heavy (non-hydrogen) atoms. The van der Waals surface area contributed by atoms with E-state index in [1.54, 1.807) is 0 Å². The van der Waals surface area contributed by atoms with Gasteiger partial charge in [-0.25, -0.2) is 0 Å². The number of fused-ring (bicyclic) bond motifs is 3. The highest BCUT2D eigenvalue weighted by Gasteiger charge is 2.54. The van der Waals surface area contributed by atoms with Crippen molar-refractivity contribution in [1.82, 2.24) is 0 Å². The van der Waals surface area contributed by atoms with E-state index in [1.165, 1.54) is 17.5 Å². The lowest BCUT2D eigenvalue weighted by Crippen LogP contribution is -2.57. The maximum atomic E-state index is 11.2. The Bertz CT molecular complexity index is 491. The number of hydrogen-bond donors (Lipinski definition) is 2. The number of benzene rings is 1. The van der Waals surface area contributed by atoms with Crippen molar-refractivity contribution in [3.63, 3.8) is 0 Å². The van der Waals surface area contributed by atoms with E-state index in [0.29, 0.717) is 6.54 Å². The summed E-state index contributed by atoms with van der Waals surface area (Å²) in [5.74, 6) is 0. The third-order valence-corrected chi connectivity index (χ3v) is 5.79. The Morgan fingerprint density at radius 1 is 1.20 bits per heavy atom. The maximum absolute atomic E-state index is 11.2. The fourth-order valence-corrected chi connectivity index (χ4v) is 4.72. The Balaban J connectivity index is 0.00000147. The summed E-state index contributed by atoms with van der Waals surface area (Å²) in [5, 5.41) is 11.2. The SMILES string of the molecule is Cl.NCC[C@@]12CCCC[C@]1(O)CCc1ccc(Br)cc12. The Morgan fingerprint density at radius 3 is 2.70 bits per heavy atom. The minimum absolute atomic E-state index is 0. The third-order valence-electron chi connectivity index (χ3n) is 5.30. The van der Waals surface area contributed by atoms with Gasteiger partial charge in [0.2, 0.25) is 0 Å². The van der Waals surface area contributed by atoms with Crippen molar-refractivity contribution >= 4 is 28.3 Å². The monoisotopic (exact) mass is 359 g/mol. The lowest BCUT2D eigenvalue weighted by Gasteiger charge is -2.54. The van der Waals surface area contributed by atoms with Crippen LogP contribution >= 0.6 is 28.3 Å². The number of nitrogens with two attached hydrogens (primary N) is 1. The third kappa shape index (κ3) is 2.33. The molecule has 2 atom stereocenters. The molecular weight excluding hydrogens is 338 g/mol. The molecule has 1 saturated carbocycles. The normalized spacial score (nSPS) is 31.9. The highest BCUT2D eigenvalue weighted by atomic mass is 79.9. The summed E-state index contributed by atoms with van der Waals surface area (Å²) in [6, 6.07) is 6.55. The number of rotatable bonds is 2. The molecule has 0 bridgehead atoms. The second kappa shape index (κ2) is 5.96. The Morgan fingerprint density at radius 2 is 1.95 bits per heavy atom. The molecule has 0 aromatic heterocycles. The molecule has 3 rings (SSSR count). The molecule has 1 aromatic carbocycles. The zero-order chi connectivity index (χ0) is 13.5. The zero-order valence-corrected chi connectivity index (χ0v) is 14.1. The van der Waals surface area contributed by atoms with Crippen molar-refractivity contribution in [3.8, 4) is 0 Å². The van der Waals surface area contributed by atoms with Crippen LogP contribution in [0.3, 0.4) is 0 Å². The molecule has 112 valence electrons. The molecule has 2 nitrogen and oxygen atoms in total. The number of halogens is 2. The van der Waals surface area contributed by atoms with Gasteiger partial charge < -0.3 is 10.8 Å². The minimum atomic E-state index is -0.543. The summed E-state index contributed by atoms with van der Waals surface area (Å²) in [7, 11) is 0. The van der Waals surface area contributed by atoms with Crippen LogP contribution in [0, 0.1) is 0 Å². The van der Waals surface area contributed by atoms with Gasteiger partial charge >= 0.3 is 0 Å². The predicted octanol–water partition coefficient (Wildman–Crippen LogP) is 3.71. The largest absolute Gasteiger partial charge is 0.389 e. The second-order valence-corrected chi connectivity index (χ2v) is 7.08. The van der Waals surface area contributed by atoms with Gasteiger partial charge in [-0.3, -0.25) is 0 Å². The van der Waals surface area contributed by atoms with Crippen LogP contribution in [0.25, 0.3) is 0 Å². The van der Waals surface area contributed by atoms with Crippen molar-refractivity contribution in [3.05, 3.63) is 33.8 Å². The minimum Gasteiger partial charge on any atom is -0.389 e. The van der Waals surface area contributed by atoms with E-state index in [2.05, 4.69) is 34.1 Å². The predicted molar refractivity (Wildman–Crippen MR) is 88.5 cm³/mol. The molecule has 1 fully saturated rings. The van der Waals surface area contributed by atoms with Crippen LogP contribution in [0.1, 0.15) is 49.7 Å². The zero-order valence-electron chi connectivity index (χ0n) is 11.7. The van der Waals surface area contributed by atoms with Gasteiger partial charge in [0.25, 0.3) is 0 Å². The molecule has 0 unspecified atom stereocenters. The first-order valence-corrected chi connectivity index (χ1v) is 8.12. The first kappa shape index (κ1) is 16.3. The number of aliphatic hydroxyl groups is 1. The highest BCUT2D eigenvalue weighted by Crippen LogP contribution is 2.54. The number of aryl methyl sites for hydroxylation is 1. The van der Waals surface area contributed by atoms with E-state index in [0.717, 1.165) is 43.0 Å². The lowest BCUT2D eigenvalue weighted by molar-refractivity contribution is -0.0862. The van der Waals surface area contributed by atoms with Gasteiger partial charge in [-0.15, -0.1) is 12.4 Å². The summed E-state index contributed by atoms with van der Waals surface area (Å²) >= 11 is 3.59. The van der Waals surface area contributed by atoms with Crippen LogP contribution in [0.4, 0.5) is 0 Å². The molecule has 0 saturated heterocycles. The van der Waals surface area contributed by atoms with Gasteiger partial charge in [0.05, 0.1) is 5.60 Å². The molecule has 2 aliphatic rings. The first-order valence-electron chi connectivity index (χ1n) is 7.33. The molecule has 4 heteroatoms. The van der Waals surface area contributed by atoms with Gasteiger partial charge in [0, 0.05) is 9.89 Å². The lowest BCUT2D eigenvalue weighted by atomic mass is 9.53. The summed E-state index contributed by atoms with van der Waals surface area (Å²) in [4.78, 5) is 0. The molecule has 0 aliphatic heterocycles. The maximum Gasteiger partial charge on any atom is 0.0747 e. The van der Waals surface area contributed by atoms with E-state index in [4.69, 9.17) is 5.73 Å². The van der Waals surface area contributed by atoms with E-state index in [-0.39, 0.29) is 17.8 Å². The molecule has 0 amide bonds. The van der Waals surface area contributed by atoms with Gasteiger partial charge in [0.15, 0.2) is 0 Å². The molecule has 1 aromatic rings. The molecule has 0 radical (unpaired) electrons. The van der Waals surface area contributed by atoms with Gasteiger partial charge in [-0.1, -0.05) is 34.8 Å². The highest BCUT2D eigenvalue weighted by molar-refractivity contribution is 9.10. The molecule has 0 heterocycles. The van der Waals surface area contributed by atoms with Crippen molar-refractivity contribution < 1.29 is 5.11 Å². The smallest absolute Gasteiger partial charge is 0.0747 e. The van der Waals surface area contributed by atoms with Crippen molar-refractivity contribution in [1.29, 1.82) is 0 Å². The number of hydrogen-bond acceptors (Lipinski definition) is 2. The first-order chi connectivity index (χ1) is 9.11. The van der Waals surface area contributed by atoms with E-state index < -0.39 is 5.60 Å². The van der Waals surface area contributed by atoms with Crippen LogP contribution in [0.15, 0.2) is 22.7 Å². The van der Waals surface area contributed by atoms with Gasteiger partial charge in [-0.2, -0.15) is 0 Å². The average Bonchev–Trinajstić information content (AvgIpc) is 2.40. The Kier molecular flexibility index (Phi) is 4.85. The Labute approximate surface area is 135 Å². The molecule has 3 N–H and O–H groups in total. The van der Waals surface area contributed by atoms with Crippen molar-refractivity contribution in [2.45, 2.75) is 56.0 Å². The van der Waals surface area contributed by atoms with Gasteiger partial charge in [0.1, 0.15) is 0 Å². The topological polar surface area (TPSA) is 46.2 Å². The van der Waals surface area contributed by atoms with Crippen LogP contribution < -0.4 is 5.73 Å². The van der Waals surface area contributed by atoms with E-state index >= 15 is 0 Å². The van der Waals surface area contributed by atoms with E-state index in [1.807, 2.05) is 0 Å². The molecule has 0 spiro atoms. The fraction of sp³-hybridized carbons (Fsp3) is 0.625. The molecular formula is C16H23BrClNO. The second-order valence-electron chi connectivity index (χ2n) is 6.16. The van der Waals surface area contributed by atoms with Gasteiger partial charge in [-0.05, 0) is 61.9 Å². The summed E-state index contributed by atoms with van der Waals surface area (Å²) in [6.45, 7) is 0.647. The summed E-state index contributed by atoms with van der Waals surface area (Å²) in [6.07, 6.45) is 7.13. The van der Waals surface area contributed by atoms with E-state index in [9.17, 15) is 5.11 Å². The summed E-state index contributed by atoms with van der Waals surface area (Å²) in [5.41, 5.74) is 7.99. The average molecular weight is 361 g/mol. The van der Waals surface area contributed by atoms with Crippen LogP contribution in [0.5, 0.6) is 0 Å².